The first-order chi connectivity index (χ1) is 16.3. The Bertz CT molecular complexity index is 519. The average molecular weight is 462 g/mol. The highest BCUT2D eigenvalue weighted by Gasteiger charge is 2.16. The van der Waals surface area contributed by atoms with Gasteiger partial charge in [-0.3, -0.25) is 0 Å². The second kappa shape index (κ2) is 23.0. The Kier molecular flexibility index (Phi) is 21.1. The maximum absolute atomic E-state index is 2.59. The van der Waals surface area contributed by atoms with E-state index in [1.165, 1.54) is 161 Å². The summed E-state index contributed by atoms with van der Waals surface area (Å²) in [4.78, 5) is 0. The molecule has 2 heteroatoms. The minimum Gasteiger partial charge on any atom is -0.234 e. The van der Waals surface area contributed by atoms with Crippen LogP contribution in [0.5, 0.6) is 0 Å². The van der Waals surface area contributed by atoms with E-state index >= 15 is 0 Å². The topological polar surface area (TPSA) is 8.81 Å². The van der Waals surface area contributed by atoms with Gasteiger partial charge in [-0.25, -0.2) is 9.13 Å². The first kappa shape index (κ1) is 30.2. The third-order valence-corrected chi connectivity index (χ3v) is 7.35. The van der Waals surface area contributed by atoms with Crippen molar-refractivity contribution in [1.29, 1.82) is 0 Å². The van der Waals surface area contributed by atoms with E-state index in [2.05, 4.69) is 42.3 Å². The van der Waals surface area contributed by atoms with Crippen LogP contribution in [-0.4, -0.2) is 4.57 Å². The molecule has 0 unspecified atom stereocenters. The maximum atomic E-state index is 2.59. The largest absolute Gasteiger partial charge is 0.256 e. The van der Waals surface area contributed by atoms with Crippen LogP contribution >= 0.6 is 0 Å². The molecular weight excluding hydrogens is 400 g/mol. The van der Waals surface area contributed by atoms with Crippen molar-refractivity contribution in [1.82, 2.24) is 4.57 Å². The van der Waals surface area contributed by atoms with Crippen LogP contribution in [0.1, 0.15) is 168 Å². The fourth-order valence-electron chi connectivity index (χ4n) is 5.09. The molecule has 0 aliphatic carbocycles. The lowest BCUT2D eigenvalue weighted by molar-refractivity contribution is -0.704. The van der Waals surface area contributed by atoms with Gasteiger partial charge in [-0.15, -0.1) is 0 Å². The first-order valence-corrected chi connectivity index (χ1v) is 15.4. The Morgan fingerprint density at radius 3 is 1.45 bits per heavy atom. The Hall–Kier alpha value is -0.790. The van der Waals surface area contributed by atoms with Crippen LogP contribution < -0.4 is 4.57 Å². The molecule has 0 N–H and O–H groups in total. The highest BCUT2D eigenvalue weighted by Crippen LogP contribution is 2.14. The number of rotatable bonds is 25. The predicted molar refractivity (Wildman–Crippen MR) is 147 cm³/mol. The van der Waals surface area contributed by atoms with Crippen LogP contribution in [0.2, 0.25) is 0 Å². The monoisotopic (exact) mass is 461 g/mol. The third kappa shape index (κ3) is 16.5. The summed E-state index contributed by atoms with van der Waals surface area (Å²) in [5, 5.41) is 0. The van der Waals surface area contributed by atoms with Gasteiger partial charge in [0.25, 0.3) is 5.82 Å². The fraction of sp³-hybridized carbons (Fsp3) is 0.903. The molecule has 1 aromatic rings. The van der Waals surface area contributed by atoms with Gasteiger partial charge < -0.3 is 0 Å². The molecule has 2 nitrogen and oxygen atoms in total. The predicted octanol–water partition coefficient (Wildman–Crippen LogP) is 9.96. The SMILES string of the molecule is CCCCCCCCCCCCCCCc1n(CCCCCCCC)cc[n+]1CCCCC. The smallest absolute Gasteiger partial charge is 0.234 e. The van der Waals surface area contributed by atoms with E-state index in [1.807, 2.05) is 0 Å². The van der Waals surface area contributed by atoms with E-state index in [1.54, 1.807) is 5.82 Å². The van der Waals surface area contributed by atoms with Crippen molar-refractivity contribution >= 4 is 0 Å². The van der Waals surface area contributed by atoms with Crippen LogP contribution in [0.4, 0.5) is 0 Å². The molecule has 1 heterocycles. The van der Waals surface area contributed by atoms with E-state index in [4.69, 9.17) is 0 Å². The van der Waals surface area contributed by atoms with Gasteiger partial charge in [-0.1, -0.05) is 130 Å². The standard InChI is InChI=1S/C31H61N2/c1-4-7-10-12-14-15-16-17-18-19-20-21-23-26-31-32(27-24-9-6-3)29-30-33(31)28-25-22-13-11-8-5-2/h29-30H,4-28H2,1-3H3/q+1. The third-order valence-electron chi connectivity index (χ3n) is 7.35. The Morgan fingerprint density at radius 2 is 0.939 bits per heavy atom. The Labute approximate surface area is 208 Å². The minimum absolute atomic E-state index is 1.21. The molecule has 0 aliphatic rings. The van der Waals surface area contributed by atoms with Crippen molar-refractivity contribution in [2.45, 2.75) is 182 Å². The molecule has 0 radical (unpaired) electrons. The van der Waals surface area contributed by atoms with E-state index in [0.29, 0.717) is 0 Å². The second-order valence-corrected chi connectivity index (χ2v) is 10.6. The quantitative estimate of drug-likeness (QED) is 0.101. The van der Waals surface area contributed by atoms with Crippen LogP contribution in [0, 0.1) is 0 Å². The zero-order valence-corrected chi connectivity index (χ0v) is 23.2. The van der Waals surface area contributed by atoms with E-state index in [-0.39, 0.29) is 0 Å². The summed E-state index contributed by atoms with van der Waals surface area (Å²) in [5.74, 6) is 1.60. The molecule has 0 aromatic carbocycles. The van der Waals surface area contributed by atoms with Gasteiger partial charge in [0.1, 0.15) is 12.4 Å². The molecule has 0 bridgehead atoms. The first-order valence-electron chi connectivity index (χ1n) is 15.4. The van der Waals surface area contributed by atoms with Crippen molar-refractivity contribution in [3.8, 4) is 0 Å². The lowest BCUT2D eigenvalue weighted by atomic mass is 10.0. The molecule has 1 rings (SSSR count). The molecular formula is C31H61N2+. The van der Waals surface area contributed by atoms with Gasteiger partial charge in [0, 0.05) is 6.42 Å². The van der Waals surface area contributed by atoms with Crippen LogP contribution in [0.25, 0.3) is 0 Å². The molecule has 0 saturated heterocycles. The van der Waals surface area contributed by atoms with Gasteiger partial charge in [0.15, 0.2) is 0 Å². The molecule has 0 spiro atoms. The molecule has 0 amide bonds. The number of hydrogen-bond acceptors (Lipinski definition) is 0. The number of aryl methyl sites for hydroxylation is 2. The van der Waals surface area contributed by atoms with Crippen LogP contribution in [-0.2, 0) is 19.5 Å². The zero-order valence-electron chi connectivity index (χ0n) is 23.2. The molecule has 33 heavy (non-hydrogen) atoms. The minimum atomic E-state index is 1.21. The maximum Gasteiger partial charge on any atom is 0.256 e. The fourth-order valence-corrected chi connectivity index (χ4v) is 5.09. The number of aromatic nitrogens is 2. The normalized spacial score (nSPS) is 11.5. The van der Waals surface area contributed by atoms with Gasteiger partial charge in [0.2, 0.25) is 0 Å². The van der Waals surface area contributed by atoms with Gasteiger partial charge in [-0.2, -0.15) is 0 Å². The molecule has 0 fully saturated rings. The summed E-state index contributed by atoms with van der Waals surface area (Å²) in [6, 6.07) is 0. The van der Waals surface area contributed by atoms with Crippen molar-refractivity contribution < 1.29 is 4.57 Å². The number of unbranched alkanes of at least 4 members (excludes halogenated alkanes) is 19. The summed E-state index contributed by atoms with van der Waals surface area (Å²) < 4.78 is 5.17. The highest BCUT2D eigenvalue weighted by atomic mass is 15.1. The van der Waals surface area contributed by atoms with Gasteiger partial charge in [0.05, 0.1) is 13.1 Å². The highest BCUT2D eigenvalue weighted by molar-refractivity contribution is 4.84. The molecule has 0 saturated carbocycles. The van der Waals surface area contributed by atoms with Crippen molar-refractivity contribution in [2.75, 3.05) is 0 Å². The molecule has 1 aromatic heterocycles. The second-order valence-electron chi connectivity index (χ2n) is 10.6. The lowest BCUT2D eigenvalue weighted by Crippen LogP contribution is -2.37. The zero-order chi connectivity index (χ0) is 23.8. The Morgan fingerprint density at radius 1 is 0.515 bits per heavy atom. The van der Waals surface area contributed by atoms with Crippen LogP contribution in [0.3, 0.4) is 0 Å². The molecule has 0 aliphatic heterocycles. The van der Waals surface area contributed by atoms with Crippen molar-refractivity contribution in [3.05, 3.63) is 18.2 Å². The van der Waals surface area contributed by atoms with Crippen molar-refractivity contribution in [2.24, 2.45) is 0 Å². The molecule has 0 atom stereocenters. The summed E-state index contributed by atoms with van der Waals surface area (Å²) in [6.07, 6.45) is 37.0. The lowest BCUT2D eigenvalue weighted by Gasteiger charge is -2.07. The summed E-state index contributed by atoms with van der Waals surface area (Å²) >= 11 is 0. The van der Waals surface area contributed by atoms with Gasteiger partial charge >= 0.3 is 0 Å². The van der Waals surface area contributed by atoms with E-state index in [0.717, 1.165) is 0 Å². The van der Waals surface area contributed by atoms with E-state index < -0.39 is 0 Å². The van der Waals surface area contributed by atoms with Crippen molar-refractivity contribution in [3.63, 3.8) is 0 Å². The molecule has 194 valence electrons. The summed E-state index contributed by atoms with van der Waals surface area (Å²) in [5.41, 5.74) is 0. The number of imidazole rings is 1. The average Bonchev–Trinajstić information content (AvgIpc) is 3.21. The number of hydrogen-bond donors (Lipinski definition) is 0. The Balaban J connectivity index is 2.21. The van der Waals surface area contributed by atoms with E-state index in [9.17, 15) is 0 Å². The summed E-state index contributed by atoms with van der Waals surface area (Å²) in [6.45, 7) is 9.36. The number of nitrogens with zero attached hydrogens (tertiary/aromatic N) is 2. The van der Waals surface area contributed by atoms with Crippen LogP contribution in [0.15, 0.2) is 12.4 Å². The summed E-state index contributed by atoms with van der Waals surface area (Å²) in [7, 11) is 0. The van der Waals surface area contributed by atoms with Gasteiger partial charge in [-0.05, 0) is 32.1 Å².